The highest BCUT2D eigenvalue weighted by Gasteiger charge is 2.14. The van der Waals surface area contributed by atoms with Crippen molar-refractivity contribution in [2.75, 3.05) is 26.9 Å². The molecule has 20 heavy (non-hydrogen) atoms. The molecule has 0 aliphatic rings. The van der Waals surface area contributed by atoms with Crippen molar-refractivity contribution in [2.24, 2.45) is 0 Å². The highest BCUT2D eigenvalue weighted by atomic mass is 16.5. The van der Waals surface area contributed by atoms with E-state index in [0.717, 1.165) is 5.39 Å². The van der Waals surface area contributed by atoms with E-state index < -0.39 is 5.97 Å². The molecule has 0 spiro atoms. The highest BCUT2D eigenvalue weighted by Crippen LogP contribution is 2.19. The lowest BCUT2D eigenvalue weighted by atomic mass is 10.2. The van der Waals surface area contributed by atoms with Gasteiger partial charge >= 0.3 is 5.97 Å². The third-order valence-corrected chi connectivity index (χ3v) is 2.59. The monoisotopic (exact) mass is 277 g/mol. The number of ether oxygens (including phenoxy) is 2. The van der Waals surface area contributed by atoms with E-state index in [1.54, 1.807) is 12.1 Å². The summed E-state index contributed by atoms with van der Waals surface area (Å²) in [5, 5.41) is 3.35. The molecule has 0 unspecified atom stereocenters. The van der Waals surface area contributed by atoms with Crippen molar-refractivity contribution in [1.82, 2.24) is 5.32 Å². The predicted octanol–water partition coefficient (Wildman–Crippen LogP) is 1.35. The summed E-state index contributed by atoms with van der Waals surface area (Å²) in [6.07, 6.45) is 0. The van der Waals surface area contributed by atoms with Crippen LogP contribution in [0.5, 0.6) is 0 Å². The van der Waals surface area contributed by atoms with Gasteiger partial charge in [0.15, 0.2) is 6.61 Å². The van der Waals surface area contributed by atoms with Crippen LogP contribution in [0.25, 0.3) is 11.0 Å². The van der Waals surface area contributed by atoms with Crippen molar-refractivity contribution in [3.8, 4) is 0 Å². The zero-order valence-corrected chi connectivity index (χ0v) is 11.0. The summed E-state index contributed by atoms with van der Waals surface area (Å²) in [7, 11) is 1.54. The number of esters is 1. The Morgan fingerprint density at radius 2 is 2.10 bits per heavy atom. The molecular formula is C14H15NO5. The molecule has 1 N–H and O–H groups in total. The first-order valence-electron chi connectivity index (χ1n) is 6.12. The molecule has 1 aromatic heterocycles. The van der Waals surface area contributed by atoms with Crippen LogP contribution >= 0.6 is 0 Å². The largest absolute Gasteiger partial charge is 0.450 e. The lowest BCUT2D eigenvalue weighted by Gasteiger charge is -2.04. The SMILES string of the molecule is COCCNC(=O)COC(=O)c1cc2ccccc2o1. The number of benzene rings is 1. The molecule has 0 bridgehead atoms. The Morgan fingerprint density at radius 3 is 2.85 bits per heavy atom. The molecule has 0 saturated carbocycles. The molecule has 2 aromatic rings. The van der Waals surface area contributed by atoms with Gasteiger partial charge in [0, 0.05) is 19.0 Å². The lowest BCUT2D eigenvalue weighted by Crippen LogP contribution is -2.31. The fourth-order valence-corrected chi connectivity index (χ4v) is 1.63. The highest BCUT2D eigenvalue weighted by molar-refractivity contribution is 5.93. The Labute approximate surface area is 115 Å². The summed E-state index contributed by atoms with van der Waals surface area (Å²) in [6, 6.07) is 8.82. The number of amides is 1. The van der Waals surface area contributed by atoms with Crippen LogP contribution in [0.1, 0.15) is 10.6 Å². The number of fused-ring (bicyclic) bond motifs is 1. The average molecular weight is 277 g/mol. The molecule has 2 rings (SSSR count). The molecule has 6 nitrogen and oxygen atoms in total. The van der Waals surface area contributed by atoms with Gasteiger partial charge in [-0.15, -0.1) is 0 Å². The van der Waals surface area contributed by atoms with Gasteiger partial charge in [0.25, 0.3) is 5.91 Å². The van der Waals surface area contributed by atoms with Gasteiger partial charge in [-0.2, -0.15) is 0 Å². The molecule has 106 valence electrons. The summed E-state index contributed by atoms with van der Waals surface area (Å²) in [5.74, 6) is -0.967. The number of rotatable bonds is 6. The molecular weight excluding hydrogens is 262 g/mol. The first-order chi connectivity index (χ1) is 9.70. The Morgan fingerprint density at radius 1 is 1.30 bits per heavy atom. The van der Waals surface area contributed by atoms with Gasteiger partial charge in [-0.1, -0.05) is 18.2 Å². The van der Waals surface area contributed by atoms with Crippen LogP contribution in [-0.4, -0.2) is 38.7 Å². The van der Waals surface area contributed by atoms with Gasteiger partial charge in [-0.05, 0) is 12.1 Å². The van der Waals surface area contributed by atoms with Gasteiger partial charge in [-0.3, -0.25) is 4.79 Å². The zero-order chi connectivity index (χ0) is 14.4. The number of hydrogen-bond donors (Lipinski definition) is 1. The van der Waals surface area contributed by atoms with E-state index in [1.807, 2.05) is 18.2 Å². The van der Waals surface area contributed by atoms with E-state index in [2.05, 4.69) is 5.32 Å². The van der Waals surface area contributed by atoms with E-state index in [-0.39, 0.29) is 18.3 Å². The van der Waals surface area contributed by atoms with Crippen molar-refractivity contribution in [2.45, 2.75) is 0 Å². The third-order valence-electron chi connectivity index (χ3n) is 2.59. The van der Waals surface area contributed by atoms with E-state index in [9.17, 15) is 9.59 Å². The van der Waals surface area contributed by atoms with Crippen LogP contribution in [0.15, 0.2) is 34.7 Å². The average Bonchev–Trinajstić information content (AvgIpc) is 2.89. The van der Waals surface area contributed by atoms with E-state index in [1.165, 1.54) is 7.11 Å². The maximum absolute atomic E-state index is 11.7. The van der Waals surface area contributed by atoms with Crippen LogP contribution in [0.2, 0.25) is 0 Å². The van der Waals surface area contributed by atoms with Gasteiger partial charge in [-0.25, -0.2) is 4.79 Å². The second-order valence-corrected chi connectivity index (χ2v) is 4.07. The molecule has 0 fully saturated rings. The van der Waals surface area contributed by atoms with Crippen LogP contribution in [0, 0.1) is 0 Å². The number of hydrogen-bond acceptors (Lipinski definition) is 5. The lowest BCUT2D eigenvalue weighted by molar-refractivity contribution is -0.124. The van der Waals surface area contributed by atoms with Gasteiger partial charge in [0.1, 0.15) is 5.58 Å². The molecule has 0 atom stereocenters. The van der Waals surface area contributed by atoms with E-state index in [4.69, 9.17) is 13.9 Å². The standard InChI is InChI=1S/C14H15NO5/c1-18-7-6-15-13(16)9-19-14(17)12-8-10-4-2-3-5-11(10)20-12/h2-5,8H,6-7,9H2,1H3,(H,15,16). The molecule has 1 amide bonds. The number of furan rings is 1. The summed E-state index contributed by atoms with van der Waals surface area (Å²) < 4.78 is 15.0. The van der Waals surface area contributed by atoms with E-state index in [0.29, 0.717) is 18.7 Å². The van der Waals surface area contributed by atoms with Crippen LogP contribution in [0.4, 0.5) is 0 Å². The number of carbonyl (C=O) groups excluding carboxylic acids is 2. The summed E-state index contributed by atoms with van der Waals surface area (Å²) in [4.78, 5) is 23.1. The van der Waals surface area contributed by atoms with Crippen molar-refractivity contribution in [3.63, 3.8) is 0 Å². The summed E-state index contributed by atoms with van der Waals surface area (Å²) in [6.45, 7) is 0.431. The minimum Gasteiger partial charge on any atom is -0.450 e. The molecule has 0 aliphatic heterocycles. The normalized spacial score (nSPS) is 10.4. The molecule has 0 radical (unpaired) electrons. The molecule has 1 heterocycles. The molecule has 0 saturated heterocycles. The summed E-state index contributed by atoms with van der Waals surface area (Å²) in [5.41, 5.74) is 0.601. The predicted molar refractivity (Wildman–Crippen MR) is 71.4 cm³/mol. The minimum atomic E-state index is -0.664. The topological polar surface area (TPSA) is 77.8 Å². The number of nitrogens with one attached hydrogen (secondary N) is 1. The van der Waals surface area contributed by atoms with E-state index >= 15 is 0 Å². The molecule has 6 heteroatoms. The quantitative estimate of drug-likeness (QED) is 0.637. The number of carbonyl (C=O) groups is 2. The van der Waals surface area contributed by atoms with Crippen LogP contribution in [-0.2, 0) is 14.3 Å². The number of methoxy groups -OCH3 is 1. The van der Waals surface area contributed by atoms with Gasteiger partial charge < -0.3 is 19.2 Å². The van der Waals surface area contributed by atoms with Crippen molar-refractivity contribution in [1.29, 1.82) is 0 Å². The second-order valence-electron chi connectivity index (χ2n) is 4.07. The Bertz CT molecular complexity index is 571. The van der Waals surface area contributed by atoms with Crippen molar-refractivity contribution < 1.29 is 23.5 Å². The second kappa shape index (κ2) is 6.72. The Hall–Kier alpha value is -2.34. The first-order valence-corrected chi connectivity index (χ1v) is 6.12. The smallest absolute Gasteiger partial charge is 0.374 e. The fourth-order valence-electron chi connectivity index (χ4n) is 1.63. The minimum absolute atomic E-state index is 0.0795. The maximum atomic E-state index is 11.7. The van der Waals surface area contributed by atoms with Gasteiger partial charge in [0.2, 0.25) is 5.76 Å². The van der Waals surface area contributed by atoms with Gasteiger partial charge in [0.05, 0.1) is 6.61 Å². The Kier molecular flexibility index (Phi) is 4.73. The first kappa shape index (κ1) is 14.1. The Balaban J connectivity index is 1.87. The molecule has 1 aromatic carbocycles. The van der Waals surface area contributed by atoms with Crippen molar-refractivity contribution >= 4 is 22.8 Å². The van der Waals surface area contributed by atoms with Crippen LogP contribution < -0.4 is 5.32 Å². The fraction of sp³-hybridized carbons (Fsp3) is 0.286. The maximum Gasteiger partial charge on any atom is 0.374 e. The van der Waals surface area contributed by atoms with Crippen LogP contribution in [0.3, 0.4) is 0 Å². The number of para-hydroxylation sites is 1. The molecule has 0 aliphatic carbocycles. The third kappa shape index (κ3) is 3.58. The van der Waals surface area contributed by atoms with Crippen molar-refractivity contribution in [3.05, 3.63) is 36.1 Å². The summed E-state index contributed by atoms with van der Waals surface area (Å²) >= 11 is 0. The zero-order valence-electron chi connectivity index (χ0n) is 11.0.